The van der Waals surface area contributed by atoms with Gasteiger partial charge in [0, 0.05) is 44.7 Å². The van der Waals surface area contributed by atoms with Gasteiger partial charge >= 0.3 is 17.8 Å². The number of methoxy groups -OCH3 is 1. The van der Waals surface area contributed by atoms with E-state index in [0.29, 0.717) is 40.7 Å². The fourth-order valence-corrected chi connectivity index (χ4v) is 11.3. The summed E-state index contributed by atoms with van der Waals surface area (Å²) in [5.41, 5.74) is 5.86. The number of imidazole rings is 1. The van der Waals surface area contributed by atoms with E-state index in [1.807, 2.05) is 42.6 Å². The number of hydrogen-bond donors (Lipinski definition) is 2. The number of carbonyl (C=O) groups excluding carboxylic acids is 2. The molecule has 3 saturated heterocycles. The van der Waals surface area contributed by atoms with Gasteiger partial charge in [0.05, 0.1) is 34.4 Å². The third-order valence-corrected chi connectivity index (χ3v) is 15.8. The maximum atomic E-state index is 13.3. The lowest BCUT2D eigenvalue weighted by molar-refractivity contribution is -0.192. The fraction of sp³-hybridized carbons (Fsp3) is 0.491. The minimum Gasteiger partial charge on any atom is -0.494 e. The lowest BCUT2D eigenvalue weighted by atomic mass is 9.65. The molecule has 1 aliphatic carbocycles. The highest BCUT2D eigenvalue weighted by Crippen LogP contribution is 2.47. The number of nitriles is 1. The number of ether oxygens (including phenoxy) is 2. The third-order valence-electron chi connectivity index (χ3n) is 15.5. The molecule has 2 amide bonds. The minimum atomic E-state index is -5.08. The number of nitrogens with one attached hydrogen (secondary N) is 1. The van der Waals surface area contributed by atoms with E-state index in [9.17, 15) is 32.8 Å². The number of anilines is 1. The van der Waals surface area contributed by atoms with Crippen LogP contribution in [0.25, 0.3) is 11.0 Å². The number of benzene rings is 3. The number of aryl methyl sites for hydroxylation is 1. The molecule has 4 aliphatic rings. The van der Waals surface area contributed by atoms with Gasteiger partial charge in [-0.15, -0.1) is 0 Å². The predicted molar refractivity (Wildman–Crippen MR) is 264 cm³/mol. The molecule has 1 atom stereocenters. The Balaban J connectivity index is 0.000000923. The van der Waals surface area contributed by atoms with Crippen molar-refractivity contribution in [3.8, 4) is 17.6 Å². The van der Waals surface area contributed by atoms with Crippen molar-refractivity contribution < 1.29 is 42.1 Å². The number of carboxylic acid groups (broad SMARTS) is 1. The first-order valence-corrected chi connectivity index (χ1v) is 24.8. The van der Waals surface area contributed by atoms with Crippen molar-refractivity contribution in [1.82, 2.24) is 29.3 Å². The van der Waals surface area contributed by atoms with Crippen molar-refractivity contribution >= 4 is 46.4 Å². The third kappa shape index (κ3) is 11.3. The van der Waals surface area contributed by atoms with Gasteiger partial charge in [0.2, 0.25) is 17.8 Å². The Morgan fingerprint density at radius 2 is 1.60 bits per heavy atom. The molecule has 3 aromatic carbocycles. The largest absolute Gasteiger partial charge is 0.494 e. The Morgan fingerprint density at radius 3 is 2.22 bits per heavy atom. The van der Waals surface area contributed by atoms with Gasteiger partial charge in [-0.3, -0.25) is 24.0 Å². The zero-order chi connectivity index (χ0) is 51.5. The molecule has 2 N–H and O–H groups in total. The molecular weight excluding hydrogens is 953 g/mol. The summed E-state index contributed by atoms with van der Waals surface area (Å²) >= 11 is 6.48. The van der Waals surface area contributed by atoms with Gasteiger partial charge in [-0.1, -0.05) is 43.6 Å². The van der Waals surface area contributed by atoms with E-state index in [1.165, 1.54) is 57.7 Å². The minimum absolute atomic E-state index is 0.223. The van der Waals surface area contributed by atoms with E-state index >= 15 is 0 Å². The van der Waals surface area contributed by atoms with Crippen molar-refractivity contribution in [1.29, 1.82) is 5.26 Å². The maximum Gasteiger partial charge on any atom is 0.490 e. The van der Waals surface area contributed by atoms with E-state index in [0.717, 1.165) is 84.5 Å². The Kier molecular flexibility index (Phi) is 15.4. The highest BCUT2D eigenvalue weighted by molar-refractivity contribution is 6.32. The second-order valence-corrected chi connectivity index (χ2v) is 20.6. The van der Waals surface area contributed by atoms with E-state index in [4.69, 9.17) is 36.0 Å². The molecule has 15 nitrogen and oxygen atoms in total. The fourth-order valence-electron chi connectivity index (χ4n) is 11.0. The number of aliphatic carboxylic acids is 1. The molecule has 1 saturated carbocycles. The molecule has 5 heterocycles. The van der Waals surface area contributed by atoms with Crippen molar-refractivity contribution in [2.45, 2.75) is 108 Å². The maximum absolute atomic E-state index is 13.3. The number of amides is 2. The molecule has 1 unspecified atom stereocenters. The number of aromatic nitrogens is 4. The lowest BCUT2D eigenvalue weighted by Crippen LogP contribution is -2.44. The number of nitrogens with zero attached hydrogens (tertiary/aromatic N) is 7. The van der Waals surface area contributed by atoms with Crippen LogP contribution in [-0.2, 0) is 33.5 Å². The van der Waals surface area contributed by atoms with E-state index in [1.54, 1.807) is 16.2 Å². The topological polar surface area (TPSA) is 185 Å². The Morgan fingerprint density at radius 1 is 0.917 bits per heavy atom. The first-order chi connectivity index (χ1) is 34.3. The van der Waals surface area contributed by atoms with Crippen LogP contribution in [0.2, 0.25) is 5.02 Å². The van der Waals surface area contributed by atoms with Crippen LogP contribution in [0.5, 0.6) is 11.5 Å². The van der Waals surface area contributed by atoms with Crippen LogP contribution < -0.4 is 25.4 Å². The van der Waals surface area contributed by atoms with E-state index in [-0.39, 0.29) is 18.0 Å². The molecule has 0 radical (unpaired) electrons. The van der Waals surface area contributed by atoms with Gasteiger partial charge in [-0.25, -0.2) is 19.6 Å². The van der Waals surface area contributed by atoms with Gasteiger partial charge < -0.3 is 24.4 Å². The van der Waals surface area contributed by atoms with E-state index in [2.05, 4.69) is 64.3 Å². The molecule has 1 spiro atoms. The monoisotopic (exact) mass is 1010 g/mol. The van der Waals surface area contributed by atoms with Gasteiger partial charge in [-0.05, 0) is 147 Å². The number of likely N-dealkylation sites (tertiary alicyclic amines) is 1. The summed E-state index contributed by atoms with van der Waals surface area (Å²) in [5.74, 6) is -0.351. The van der Waals surface area contributed by atoms with Crippen LogP contribution >= 0.6 is 11.6 Å². The number of hydrogen-bond acceptors (Lipinski definition) is 11. The number of carboxylic acids is 1. The number of fused-ring (bicyclic) bond motifs is 1. The summed E-state index contributed by atoms with van der Waals surface area (Å²) in [7, 11) is 3.28. The molecule has 9 rings (SSSR count). The highest BCUT2D eigenvalue weighted by Gasteiger charge is 2.40. The van der Waals surface area contributed by atoms with Crippen LogP contribution in [0.3, 0.4) is 0 Å². The van der Waals surface area contributed by atoms with Crippen LogP contribution in [0.1, 0.15) is 118 Å². The van der Waals surface area contributed by atoms with Crippen molar-refractivity contribution in [2.24, 2.45) is 18.4 Å². The zero-order valence-electron chi connectivity index (χ0n) is 40.9. The second kappa shape index (κ2) is 21.3. The smallest absolute Gasteiger partial charge is 0.490 e. The number of alkyl halides is 3. The lowest BCUT2D eigenvalue weighted by Gasteiger charge is -2.47. The van der Waals surface area contributed by atoms with Crippen molar-refractivity contribution in [3.05, 3.63) is 110 Å². The van der Waals surface area contributed by atoms with Crippen LogP contribution in [0.4, 0.5) is 19.1 Å². The summed E-state index contributed by atoms with van der Waals surface area (Å²) in [4.78, 5) is 61.2. The Labute approximate surface area is 420 Å². The molecule has 0 bridgehead atoms. The molecule has 2 aromatic heterocycles. The van der Waals surface area contributed by atoms with Gasteiger partial charge in [-0.2, -0.15) is 18.4 Å². The average molecular weight is 1010 g/mol. The Hall–Kier alpha value is -6.45. The first kappa shape index (κ1) is 51.9. The summed E-state index contributed by atoms with van der Waals surface area (Å²) < 4.78 is 46.5. The molecule has 72 heavy (non-hydrogen) atoms. The van der Waals surface area contributed by atoms with Crippen molar-refractivity contribution in [3.63, 3.8) is 0 Å². The number of carbonyl (C=O) groups is 3. The number of imide groups is 1. The Bertz CT molecular complexity index is 2910. The second-order valence-electron chi connectivity index (χ2n) is 20.2. The predicted octanol–water partition coefficient (Wildman–Crippen LogP) is 8.84. The zero-order valence-corrected chi connectivity index (χ0v) is 41.7. The van der Waals surface area contributed by atoms with E-state index < -0.39 is 29.5 Å². The summed E-state index contributed by atoms with van der Waals surface area (Å²) in [6.07, 6.45) is 7.01. The molecular formula is C53H60ClF3N8O7. The van der Waals surface area contributed by atoms with Gasteiger partial charge in [0.25, 0.3) is 0 Å². The number of piperidine rings is 3. The van der Waals surface area contributed by atoms with Crippen molar-refractivity contribution in [2.75, 3.05) is 44.7 Å². The SMILES string of the molecule is COc1c(Cl)cc(C(C)(C)c2ccc(OCc3ccnc(N4CCC5(CCC(CN6CCC(c7ccc8c(c7)n(C)c(=O)n8C7CCC(=O)NC7=O)CC6)CC5)CC4)n3)cc2)cc1C#N.O=C(O)C(F)(F)F. The van der Waals surface area contributed by atoms with Crippen LogP contribution in [0.15, 0.2) is 71.7 Å². The number of halogens is 4. The van der Waals surface area contributed by atoms with Crippen LogP contribution in [0, 0.1) is 22.7 Å². The van der Waals surface area contributed by atoms with Gasteiger partial charge in [0.15, 0.2) is 5.75 Å². The normalized spacial score (nSPS) is 19.1. The number of rotatable bonds is 11. The summed E-state index contributed by atoms with van der Waals surface area (Å²) in [5, 5.41) is 19.6. The quantitative estimate of drug-likeness (QED) is 0.120. The average Bonchev–Trinajstić information content (AvgIpc) is 3.61. The van der Waals surface area contributed by atoms with Gasteiger partial charge in [0.1, 0.15) is 24.5 Å². The molecule has 4 fully saturated rings. The molecule has 382 valence electrons. The standard InChI is InChI=1S/C51H59ClN8O5.C2HF3O2/c1-50(2,38-27-36(30-53)46(64-4)41(52)29-38)37-6-8-40(9-7-37)65-32-39-15-22-54-48(55-39)59-25-20-51(21-26-59)18-13-33(14-19-51)31-58-23-16-34(17-24-58)35-5-10-42-44(28-35)57(3)49(63)60(42)43-11-12-45(61)56-47(43)62;3-2(4,5)1(6)7/h5-10,15,22,27-29,33-34,43H,11-14,16-21,23-26,31-32H2,1-4H3,(H,56,61,62);(H,6,7). The molecule has 5 aromatic rings. The molecule has 19 heteroatoms. The first-order valence-electron chi connectivity index (χ1n) is 24.4. The summed E-state index contributed by atoms with van der Waals surface area (Å²) in [6, 6.07) is 21.5. The summed E-state index contributed by atoms with van der Waals surface area (Å²) in [6.45, 7) is 9.83. The van der Waals surface area contributed by atoms with Crippen LogP contribution in [-0.4, -0.2) is 92.9 Å². The molecule has 3 aliphatic heterocycles. The highest BCUT2D eigenvalue weighted by atomic mass is 35.5.